The molecule has 0 fully saturated rings. The lowest BCUT2D eigenvalue weighted by molar-refractivity contribution is 0.117. The van der Waals surface area contributed by atoms with Crippen LogP contribution in [0.2, 0.25) is 0 Å². The van der Waals surface area contributed by atoms with Crippen LogP contribution in [0.25, 0.3) is 0 Å². The SMILES string of the molecule is CCCCCC(N)OS(=O)(=O)OC(N)CCCCC. The average Bonchev–Trinajstić information content (AvgIpc) is 2.28. The zero-order valence-corrected chi connectivity index (χ0v) is 12.8. The van der Waals surface area contributed by atoms with Crippen molar-refractivity contribution in [3.63, 3.8) is 0 Å². The Kier molecular flexibility index (Phi) is 10.4. The van der Waals surface area contributed by atoms with Gasteiger partial charge in [-0.2, -0.15) is 8.42 Å². The van der Waals surface area contributed by atoms with Crippen LogP contribution in [0, 0.1) is 0 Å². The molecule has 2 unspecified atom stereocenters. The molecule has 19 heavy (non-hydrogen) atoms. The van der Waals surface area contributed by atoms with Crippen molar-refractivity contribution in [1.29, 1.82) is 0 Å². The molecule has 2 atom stereocenters. The van der Waals surface area contributed by atoms with Crippen LogP contribution in [-0.4, -0.2) is 20.9 Å². The van der Waals surface area contributed by atoms with Crippen LogP contribution in [0.3, 0.4) is 0 Å². The molecule has 0 aliphatic rings. The first-order chi connectivity index (χ1) is 8.91. The van der Waals surface area contributed by atoms with E-state index in [4.69, 9.17) is 19.8 Å². The number of nitrogens with two attached hydrogens (primary N) is 2. The van der Waals surface area contributed by atoms with Crippen LogP contribution >= 0.6 is 0 Å². The zero-order chi connectivity index (χ0) is 14.7. The lowest BCUT2D eigenvalue weighted by atomic mass is 10.2. The molecule has 6 nitrogen and oxygen atoms in total. The van der Waals surface area contributed by atoms with E-state index in [1.54, 1.807) is 0 Å². The van der Waals surface area contributed by atoms with Gasteiger partial charge in [0.05, 0.1) is 0 Å². The first kappa shape index (κ1) is 18.8. The third-order valence-electron chi connectivity index (χ3n) is 2.67. The fraction of sp³-hybridized carbons (Fsp3) is 1.00. The van der Waals surface area contributed by atoms with Crippen LogP contribution in [0.1, 0.15) is 65.2 Å². The van der Waals surface area contributed by atoms with E-state index in [9.17, 15) is 8.42 Å². The summed E-state index contributed by atoms with van der Waals surface area (Å²) in [6.07, 6.45) is 4.98. The molecule has 116 valence electrons. The Bertz CT molecular complexity index is 285. The summed E-state index contributed by atoms with van der Waals surface area (Å²) in [5, 5.41) is 0. The number of hydrogen-bond acceptors (Lipinski definition) is 6. The van der Waals surface area contributed by atoms with Gasteiger partial charge >= 0.3 is 10.4 Å². The maximum Gasteiger partial charge on any atom is 0.402 e. The Morgan fingerprint density at radius 1 is 0.842 bits per heavy atom. The van der Waals surface area contributed by atoms with Gasteiger partial charge in [-0.1, -0.05) is 39.5 Å². The summed E-state index contributed by atoms with van der Waals surface area (Å²) >= 11 is 0. The summed E-state index contributed by atoms with van der Waals surface area (Å²) in [5.74, 6) is 0. The third kappa shape index (κ3) is 11.3. The summed E-state index contributed by atoms with van der Waals surface area (Å²) in [5.41, 5.74) is 11.2. The summed E-state index contributed by atoms with van der Waals surface area (Å²) < 4.78 is 32.4. The van der Waals surface area contributed by atoms with E-state index in [0.717, 1.165) is 38.5 Å². The van der Waals surface area contributed by atoms with Gasteiger partial charge in [0.1, 0.15) is 12.5 Å². The molecule has 0 saturated heterocycles. The van der Waals surface area contributed by atoms with Gasteiger partial charge in [-0.3, -0.25) is 0 Å². The Balaban J connectivity index is 3.95. The number of hydrogen-bond donors (Lipinski definition) is 2. The van der Waals surface area contributed by atoms with Crippen molar-refractivity contribution in [2.75, 3.05) is 0 Å². The predicted octanol–water partition coefficient (Wildman–Crippen LogP) is 1.99. The molecule has 7 heteroatoms. The summed E-state index contributed by atoms with van der Waals surface area (Å²) in [4.78, 5) is 0. The highest BCUT2D eigenvalue weighted by atomic mass is 32.3. The minimum atomic E-state index is -4.10. The summed E-state index contributed by atoms with van der Waals surface area (Å²) in [7, 11) is -4.10. The Hall–Kier alpha value is -0.210. The molecule has 0 aromatic rings. The molecule has 0 aliphatic carbocycles. The maximum atomic E-state index is 11.5. The number of unbranched alkanes of at least 4 members (excludes halogenated alkanes) is 4. The zero-order valence-electron chi connectivity index (χ0n) is 12.0. The van der Waals surface area contributed by atoms with Gasteiger partial charge in [-0.15, -0.1) is 0 Å². The van der Waals surface area contributed by atoms with Crippen molar-refractivity contribution in [2.45, 2.75) is 77.7 Å². The van der Waals surface area contributed by atoms with Gasteiger partial charge in [-0.05, 0) is 25.7 Å². The molecule has 0 heterocycles. The van der Waals surface area contributed by atoms with E-state index in [0.29, 0.717) is 12.8 Å². The van der Waals surface area contributed by atoms with Gasteiger partial charge in [0, 0.05) is 0 Å². The Morgan fingerprint density at radius 3 is 1.53 bits per heavy atom. The van der Waals surface area contributed by atoms with Crippen LogP contribution in [0.5, 0.6) is 0 Å². The van der Waals surface area contributed by atoms with E-state index in [1.165, 1.54) is 0 Å². The number of rotatable bonds is 12. The van der Waals surface area contributed by atoms with E-state index >= 15 is 0 Å². The van der Waals surface area contributed by atoms with E-state index in [1.807, 2.05) is 0 Å². The maximum absolute atomic E-state index is 11.5. The third-order valence-corrected chi connectivity index (χ3v) is 3.63. The van der Waals surface area contributed by atoms with Crippen molar-refractivity contribution in [3.8, 4) is 0 Å². The van der Waals surface area contributed by atoms with Gasteiger partial charge < -0.3 is 11.5 Å². The second kappa shape index (κ2) is 10.6. The molecule has 0 saturated carbocycles. The molecule has 0 rings (SSSR count). The molecule has 0 amide bonds. The molecule has 0 bridgehead atoms. The minimum Gasteiger partial charge on any atom is -0.305 e. The van der Waals surface area contributed by atoms with Crippen molar-refractivity contribution in [1.82, 2.24) is 0 Å². The lowest BCUT2D eigenvalue weighted by Gasteiger charge is -2.15. The molecule has 0 aromatic carbocycles. The highest BCUT2D eigenvalue weighted by molar-refractivity contribution is 7.81. The predicted molar refractivity (Wildman–Crippen MR) is 75.3 cm³/mol. The van der Waals surface area contributed by atoms with E-state index in [2.05, 4.69) is 13.8 Å². The monoisotopic (exact) mass is 296 g/mol. The first-order valence-corrected chi connectivity index (χ1v) is 8.37. The highest BCUT2D eigenvalue weighted by Gasteiger charge is 2.20. The van der Waals surface area contributed by atoms with Crippen molar-refractivity contribution in [2.24, 2.45) is 11.5 Å². The lowest BCUT2D eigenvalue weighted by Crippen LogP contribution is -2.33. The highest BCUT2D eigenvalue weighted by Crippen LogP contribution is 2.10. The standard InChI is InChI=1S/C12H28N2O4S/c1-3-5-7-9-11(13)17-19(15,16)18-12(14)10-8-6-4-2/h11-12H,3-10,13-14H2,1-2H3. The van der Waals surface area contributed by atoms with Crippen LogP contribution in [0.15, 0.2) is 0 Å². The van der Waals surface area contributed by atoms with E-state index < -0.39 is 22.9 Å². The van der Waals surface area contributed by atoms with Crippen LogP contribution in [-0.2, 0) is 18.8 Å². The Morgan fingerprint density at radius 2 is 1.21 bits per heavy atom. The van der Waals surface area contributed by atoms with Crippen molar-refractivity contribution >= 4 is 10.4 Å². The molecular weight excluding hydrogens is 268 g/mol. The Labute approximate surface area is 117 Å². The van der Waals surface area contributed by atoms with Gasteiger partial charge in [0.2, 0.25) is 0 Å². The van der Waals surface area contributed by atoms with Gasteiger partial charge in [0.25, 0.3) is 0 Å². The fourth-order valence-electron chi connectivity index (χ4n) is 1.61. The smallest absolute Gasteiger partial charge is 0.305 e. The second-order valence-electron chi connectivity index (χ2n) is 4.67. The first-order valence-electron chi connectivity index (χ1n) is 7.04. The van der Waals surface area contributed by atoms with Crippen molar-refractivity contribution < 1.29 is 16.8 Å². The molecule has 4 N–H and O–H groups in total. The molecule has 0 radical (unpaired) electrons. The fourth-order valence-corrected chi connectivity index (χ4v) is 2.46. The summed E-state index contributed by atoms with van der Waals surface area (Å²) in [6.45, 7) is 4.11. The van der Waals surface area contributed by atoms with Crippen LogP contribution < -0.4 is 11.5 Å². The minimum absolute atomic E-state index is 0.488. The largest absolute Gasteiger partial charge is 0.402 e. The van der Waals surface area contributed by atoms with Crippen molar-refractivity contribution in [3.05, 3.63) is 0 Å². The topological polar surface area (TPSA) is 105 Å². The van der Waals surface area contributed by atoms with Crippen LogP contribution in [0.4, 0.5) is 0 Å². The summed E-state index contributed by atoms with van der Waals surface area (Å²) in [6, 6.07) is 0. The molecule has 0 aromatic heterocycles. The quantitative estimate of drug-likeness (QED) is 0.421. The normalized spacial score (nSPS) is 15.4. The molecule has 0 spiro atoms. The molecule has 0 aliphatic heterocycles. The van der Waals surface area contributed by atoms with E-state index in [-0.39, 0.29) is 0 Å². The van der Waals surface area contributed by atoms with Gasteiger partial charge in [-0.25, -0.2) is 8.37 Å². The molecular formula is C12H28N2O4S. The van der Waals surface area contributed by atoms with Gasteiger partial charge in [0.15, 0.2) is 0 Å². The second-order valence-corrected chi connectivity index (χ2v) is 5.87. The average molecular weight is 296 g/mol.